The highest BCUT2D eigenvalue weighted by molar-refractivity contribution is 5.43. The molecule has 0 spiro atoms. The summed E-state index contributed by atoms with van der Waals surface area (Å²) in [7, 11) is 0. The van der Waals surface area contributed by atoms with Crippen LogP contribution in [0.5, 0.6) is 11.5 Å². The van der Waals surface area contributed by atoms with Gasteiger partial charge in [0.2, 0.25) is 0 Å². The lowest BCUT2D eigenvalue weighted by molar-refractivity contribution is 0.296. The molecule has 0 unspecified atom stereocenters. The van der Waals surface area contributed by atoms with Crippen molar-refractivity contribution in [3.63, 3.8) is 0 Å². The summed E-state index contributed by atoms with van der Waals surface area (Å²) in [6.07, 6.45) is 1.58. The molecule has 3 nitrogen and oxygen atoms in total. The van der Waals surface area contributed by atoms with E-state index in [9.17, 15) is 0 Å². The van der Waals surface area contributed by atoms with Gasteiger partial charge in [0.25, 0.3) is 0 Å². The van der Waals surface area contributed by atoms with Crippen LogP contribution in [0.1, 0.15) is 12.0 Å². The molecule has 0 saturated heterocycles. The number of ether oxygens (including phenoxy) is 2. The average molecular weight is 194 g/mol. The van der Waals surface area contributed by atoms with Crippen LogP contribution in [0.4, 0.5) is 0 Å². The number of fused-ring (bicyclic) bond motifs is 1. The molecule has 1 heterocycles. The Hall–Kier alpha value is -1.22. The van der Waals surface area contributed by atoms with Crippen molar-refractivity contribution in [3.8, 4) is 11.5 Å². The predicted octanol–water partition coefficient (Wildman–Crippen LogP) is 1.38. The van der Waals surface area contributed by atoms with E-state index in [1.54, 1.807) is 0 Å². The number of hydrogen-bond acceptors (Lipinski definition) is 3. The first-order chi connectivity index (χ1) is 6.90. The largest absolute Gasteiger partial charge is 0.490 e. The summed E-state index contributed by atoms with van der Waals surface area (Å²) in [6.45, 7) is 1.58. The molecule has 14 heavy (non-hydrogen) atoms. The normalized spacial score (nSPS) is 14.9. The minimum atomic E-state index is 0.166. The Kier molecular flexibility index (Phi) is 2.89. The van der Waals surface area contributed by atoms with Crippen molar-refractivity contribution in [1.29, 1.82) is 0 Å². The maximum atomic E-state index is 8.81. The Morgan fingerprint density at radius 2 is 1.93 bits per heavy atom. The Morgan fingerprint density at radius 3 is 2.71 bits per heavy atom. The molecule has 0 radical (unpaired) electrons. The zero-order valence-corrected chi connectivity index (χ0v) is 8.03. The molecule has 0 amide bonds. The molecule has 1 aromatic rings. The van der Waals surface area contributed by atoms with Crippen LogP contribution in [0, 0.1) is 0 Å². The average Bonchev–Trinajstić information content (AvgIpc) is 2.42. The molecule has 0 bridgehead atoms. The highest BCUT2D eigenvalue weighted by Gasteiger charge is 2.09. The molecule has 1 aliphatic heterocycles. The first-order valence-corrected chi connectivity index (χ1v) is 4.89. The van der Waals surface area contributed by atoms with E-state index >= 15 is 0 Å². The quantitative estimate of drug-likeness (QED) is 0.773. The summed E-state index contributed by atoms with van der Waals surface area (Å²) in [6, 6.07) is 5.81. The Balaban J connectivity index is 2.23. The van der Waals surface area contributed by atoms with Gasteiger partial charge in [-0.2, -0.15) is 0 Å². The number of aliphatic hydroxyl groups excluding tert-OH is 1. The first kappa shape index (κ1) is 9.34. The second-order valence-electron chi connectivity index (χ2n) is 3.31. The molecule has 0 saturated carbocycles. The van der Waals surface area contributed by atoms with Gasteiger partial charge in [-0.05, 0) is 24.1 Å². The summed E-state index contributed by atoms with van der Waals surface area (Å²) in [5.41, 5.74) is 1.08. The fraction of sp³-hybridized carbons (Fsp3) is 0.455. The fourth-order valence-corrected chi connectivity index (χ4v) is 1.49. The maximum Gasteiger partial charge on any atom is 0.161 e. The third-order valence-corrected chi connectivity index (χ3v) is 2.21. The van der Waals surface area contributed by atoms with Crippen molar-refractivity contribution in [3.05, 3.63) is 23.8 Å². The van der Waals surface area contributed by atoms with Crippen LogP contribution in [0.15, 0.2) is 18.2 Å². The van der Waals surface area contributed by atoms with E-state index in [1.165, 1.54) is 0 Å². The van der Waals surface area contributed by atoms with Crippen molar-refractivity contribution in [1.82, 2.24) is 0 Å². The van der Waals surface area contributed by atoms with Gasteiger partial charge in [-0.15, -0.1) is 0 Å². The van der Waals surface area contributed by atoms with Crippen LogP contribution >= 0.6 is 0 Å². The van der Waals surface area contributed by atoms with E-state index in [2.05, 4.69) is 0 Å². The molecular formula is C11H14O3. The summed E-state index contributed by atoms with van der Waals surface area (Å²) >= 11 is 0. The van der Waals surface area contributed by atoms with E-state index in [4.69, 9.17) is 14.6 Å². The van der Waals surface area contributed by atoms with E-state index in [0.717, 1.165) is 23.5 Å². The van der Waals surface area contributed by atoms with Crippen molar-refractivity contribution in [2.24, 2.45) is 0 Å². The smallest absolute Gasteiger partial charge is 0.161 e. The highest BCUT2D eigenvalue weighted by Crippen LogP contribution is 2.30. The third-order valence-electron chi connectivity index (χ3n) is 2.21. The Bertz CT molecular complexity index is 309. The molecule has 1 aromatic carbocycles. The summed E-state index contributed by atoms with van der Waals surface area (Å²) in [4.78, 5) is 0. The minimum Gasteiger partial charge on any atom is -0.490 e. The van der Waals surface area contributed by atoms with Crippen LogP contribution in [0.2, 0.25) is 0 Å². The molecule has 0 aromatic heterocycles. The summed E-state index contributed by atoms with van der Waals surface area (Å²) in [5, 5.41) is 8.81. The van der Waals surface area contributed by atoms with E-state index in [0.29, 0.717) is 19.6 Å². The lowest BCUT2D eigenvalue weighted by atomic mass is 10.1. The van der Waals surface area contributed by atoms with Crippen LogP contribution < -0.4 is 9.47 Å². The minimum absolute atomic E-state index is 0.166. The van der Waals surface area contributed by atoms with Crippen LogP contribution in [0.3, 0.4) is 0 Å². The number of hydrogen-bond donors (Lipinski definition) is 1. The van der Waals surface area contributed by atoms with Gasteiger partial charge in [-0.25, -0.2) is 0 Å². The molecule has 0 atom stereocenters. The highest BCUT2D eigenvalue weighted by atomic mass is 16.5. The van der Waals surface area contributed by atoms with Gasteiger partial charge in [0.1, 0.15) is 0 Å². The molecule has 2 rings (SSSR count). The van der Waals surface area contributed by atoms with E-state index in [1.807, 2.05) is 18.2 Å². The lowest BCUT2D eigenvalue weighted by Crippen LogP contribution is -1.97. The summed E-state index contributed by atoms with van der Waals surface area (Å²) < 4.78 is 11.0. The Labute approximate surface area is 83.3 Å². The molecule has 76 valence electrons. The van der Waals surface area contributed by atoms with Gasteiger partial charge in [-0.1, -0.05) is 6.07 Å². The van der Waals surface area contributed by atoms with Gasteiger partial charge < -0.3 is 14.6 Å². The zero-order valence-electron chi connectivity index (χ0n) is 8.03. The molecule has 0 fully saturated rings. The third kappa shape index (κ3) is 1.99. The first-order valence-electron chi connectivity index (χ1n) is 4.89. The molecular weight excluding hydrogens is 180 g/mol. The van der Waals surface area contributed by atoms with Crippen LogP contribution in [-0.2, 0) is 6.42 Å². The molecule has 0 aliphatic carbocycles. The SMILES string of the molecule is OCCc1ccc2c(c1)OCCCO2. The monoisotopic (exact) mass is 194 g/mol. The Morgan fingerprint density at radius 1 is 1.14 bits per heavy atom. The second kappa shape index (κ2) is 4.33. The zero-order chi connectivity index (χ0) is 9.80. The van der Waals surface area contributed by atoms with Crippen LogP contribution in [-0.4, -0.2) is 24.9 Å². The number of rotatable bonds is 2. The van der Waals surface area contributed by atoms with Crippen molar-refractivity contribution in [2.75, 3.05) is 19.8 Å². The van der Waals surface area contributed by atoms with Crippen molar-refractivity contribution in [2.45, 2.75) is 12.8 Å². The van der Waals surface area contributed by atoms with Gasteiger partial charge in [-0.3, -0.25) is 0 Å². The second-order valence-corrected chi connectivity index (χ2v) is 3.31. The van der Waals surface area contributed by atoms with Crippen LogP contribution in [0.25, 0.3) is 0 Å². The van der Waals surface area contributed by atoms with Crippen molar-refractivity contribution >= 4 is 0 Å². The standard InChI is InChI=1S/C11H14O3/c12-5-4-9-2-3-10-11(8-9)14-7-1-6-13-10/h2-3,8,12H,1,4-7H2. The van der Waals surface area contributed by atoms with Gasteiger partial charge in [0.15, 0.2) is 11.5 Å². The number of aliphatic hydroxyl groups is 1. The fourth-order valence-electron chi connectivity index (χ4n) is 1.49. The molecule has 3 heteroatoms. The lowest BCUT2D eigenvalue weighted by Gasteiger charge is -2.08. The van der Waals surface area contributed by atoms with Crippen molar-refractivity contribution < 1.29 is 14.6 Å². The molecule has 1 aliphatic rings. The van der Waals surface area contributed by atoms with E-state index in [-0.39, 0.29) is 6.61 Å². The molecule has 1 N–H and O–H groups in total. The summed E-state index contributed by atoms with van der Waals surface area (Å²) in [5.74, 6) is 1.61. The predicted molar refractivity (Wildman–Crippen MR) is 52.8 cm³/mol. The van der Waals surface area contributed by atoms with Gasteiger partial charge in [0.05, 0.1) is 13.2 Å². The van der Waals surface area contributed by atoms with Gasteiger partial charge >= 0.3 is 0 Å². The van der Waals surface area contributed by atoms with E-state index < -0.39 is 0 Å². The maximum absolute atomic E-state index is 8.81. The number of benzene rings is 1. The van der Waals surface area contributed by atoms with Gasteiger partial charge in [0, 0.05) is 13.0 Å². The topological polar surface area (TPSA) is 38.7 Å².